The van der Waals surface area contributed by atoms with Crippen molar-refractivity contribution in [2.24, 2.45) is 0 Å². The predicted octanol–water partition coefficient (Wildman–Crippen LogP) is -0.949. The van der Waals surface area contributed by atoms with Crippen molar-refractivity contribution in [3.05, 3.63) is 29.3 Å². The van der Waals surface area contributed by atoms with Gasteiger partial charge in [-0.05, 0) is 17.6 Å². The second kappa shape index (κ2) is 3.85. The lowest BCUT2D eigenvalue weighted by atomic mass is 9.76. The highest BCUT2D eigenvalue weighted by Gasteiger charge is 2.15. The van der Waals surface area contributed by atoms with Crippen molar-refractivity contribution in [2.45, 2.75) is 0 Å². The highest BCUT2D eigenvalue weighted by atomic mass is 16.4. The molecular weight excluding hydrogens is 169 g/mol. The van der Waals surface area contributed by atoms with Crippen molar-refractivity contribution >= 4 is 18.9 Å². The summed E-state index contributed by atoms with van der Waals surface area (Å²) in [4.78, 5) is 10.4. The number of aldehydes is 1. The molecule has 0 saturated carbocycles. The molecule has 1 aromatic rings. The van der Waals surface area contributed by atoms with Gasteiger partial charge in [0.1, 0.15) is 6.29 Å². The molecule has 0 aromatic heterocycles. The van der Waals surface area contributed by atoms with E-state index in [1.807, 2.05) is 6.07 Å². The Morgan fingerprint density at radius 3 is 2.62 bits per heavy atom. The molecule has 5 heteroatoms. The maximum absolute atomic E-state index is 10.4. The van der Waals surface area contributed by atoms with E-state index < -0.39 is 7.12 Å². The Labute approximate surface area is 75.2 Å². The molecule has 1 rings (SSSR count). The number of rotatable bonds is 2. The van der Waals surface area contributed by atoms with Crippen LogP contribution in [0, 0.1) is 11.3 Å². The van der Waals surface area contributed by atoms with Gasteiger partial charge in [-0.25, -0.2) is 0 Å². The van der Waals surface area contributed by atoms with E-state index in [-0.39, 0.29) is 16.6 Å². The van der Waals surface area contributed by atoms with Gasteiger partial charge in [0.25, 0.3) is 0 Å². The Morgan fingerprint density at radius 1 is 1.46 bits per heavy atom. The maximum atomic E-state index is 10.4. The lowest BCUT2D eigenvalue weighted by molar-refractivity contribution is 0.112. The van der Waals surface area contributed by atoms with Gasteiger partial charge in [-0.3, -0.25) is 4.79 Å². The molecule has 0 amide bonds. The van der Waals surface area contributed by atoms with Gasteiger partial charge >= 0.3 is 7.12 Å². The molecule has 0 unspecified atom stereocenters. The van der Waals surface area contributed by atoms with Crippen LogP contribution in [0.2, 0.25) is 0 Å². The molecule has 64 valence electrons. The Bertz CT molecular complexity index is 370. The number of nitriles is 1. The third-order valence-electron chi connectivity index (χ3n) is 1.62. The highest BCUT2D eigenvalue weighted by molar-refractivity contribution is 6.60. The minimum absolute atomic E-state index is 0.0500. The third kappa shape index (κ3) is 1.93. The third-order valence-corrected chi connectivity index (χ3v) is 1.62. The number of benzene rings is 1. The van der Waals surface area contributed by atoms with Crippen LogP contribution in [0.25, 0.3) is 0 Å². The summed E-state index contributed by atoms with van der Waals surface area (Å²) in [6.07, 6.45) is 0.510. The lowest BCUT2D eigenvalue weighted by Gasteiger charge is -2.02. The predicted molar refractivity (Wildman–Crippen MR) is 46.4 cm³/mol. The summed E-state index contributed by atoms with van der Waals surface area (Å²) in [5.41, 5.74) is 0.511. The van der Waals surface area contributed by atoms with Crippen LogP contribution in [0.1, 0.15) is 15.9 Å². The number of carbonyl (C=O) groups is 1. The van der Waals surface area contributed by atoms with Crippen molar-refractivity contribution in [2.75, 3.05) is 0 Å². The fourth-order valence-electron chi connectivity index (χ4n) is 0.975. The van der Waals surface area contributed by atoms with E-state index in [1.54, 1.807) is 0 Å². The van der Waals surface area contributed by atoms with Crippen molar-refractivity contribution in [3.8, 4) is 6.07 Å². The number of hydrogen-bond donors (Lipinski definition) is 2. The summed E-state index contributed by atoms with van der Waals surface area (Å²) in [6.45, 7) is 0. The van der Waals surface area contributed by atoms with E-state index in [0.717, 1.165) is 0 Å². The molecule has 2 N–H and O–H groups in total. The standard InChI is InChI=1S/C8H6BNO3/c10-4-6-1-2-7(5-11)8(3-6)9(12)13/h1-3,5,12-13H. The van der Waals surface area contributed by atoms with E-state index in [0.29, 0.717) is 6.29 Å². The van der Waals surface area contributed by atoms with Gasteiger partial charge in [0, 0.05) is 5.56 Å². The first-order valence-corrected chi connectivity index (χ1v) is 3.54. The summed E-state index contributed by atoms with van der Waals surface area (Å²) in [5, 5.41) is 26.2. The number of nitrogens with zero attached hydrogens (tertiary/aromatic N) is 1. The smallest absolute Gasteiger partial charge is 0.423 e. The summed E-state index contributed by atoms with van der Waals surface area (Å²) < 4.78 is 0. The molecule has 0 fully saturated rings. The molecular formula is C8H6BNO3. The van der Waals surface area contributed by atoms with Gasteiger partial charge in [0.05, 0.1) is 11.6 Å². The summed E-state index contributed by atoms with van der Waals surface area (Å²) in [5.74, 6) is 0. The molecule has 0 heterocycles. The van der Waals surface area contributed by atoms with Crippen molar-refractivity contribution < 1.29 is 14.8 Å². The van der Waals surface area contributed by atoms with E-state index in [1.165, 1.54) is 18.2 Å². The first kappa shape index (κ1) is 9.45. The summed E-state index contributed by atoms with van der Waals surface area (Å²) in [7, 11) is -1.73. The normalized spacial score (nSPS) is 9.00. The molecule has 0 aliphatic rings. The molecule has 0 aliphatic heterocycles. The van der Waals surface area contributed by atoms with Crippen LogP contribution in [0.3, 0.4) is 0 Å². The Kier molecular flexibility index (Phi) is 2.80. The fraction of sp³-hybridized carbons (Fsp3) is 0. The van der Waals surface area contributed by atoms with Crippen LogP contribution in [-0.2, 0) is 0 Å². The monoisotopic (exact) mass is 175 g/mol. The fourth-order valence-corrected chi connectivity index (χ4v) is 0.975. The topological polar surface area (TPSA) is 81.3 Å². The van der Waals surface area contributed by atoms with E-state index in [2.05, 4.69) is 0 Å². The average Bonchev–Trinajstić information content (AvgIpc) is 2.16. The van der Waals surface area contributed by atoms with E-state index >= 15 is 0 Å². The zero-order valence-electron chi connectivity index (χ0n) is 6.64. The zero-order chi connectivity index (χ0) is 9.84. The van der Waals surface area contributed by atoms with Crippen LogP contribution in [0.4, 0.5) is 0 Å². The SMILES string of the molecule is N#Cc1ccc(C=O)c(B(O)O)c1. The van der Waals surface area contributed by atoms with Gasteiger partial charge in [-0.15, -0.1) is 0 Å². The highest BCUT2D eigenvalue weighted by Crippen LogP contribution is 1.99. The van der Waals surface area contributed by atoms with Crippen LogP contribution >= 0.6 is 0 Å². The zero-order valence-corrected chi connectivity index (χ0v) is 6.64. The van der Waals surface area contributed by atoms with Crippen molar-refractivity contribution in [1.82, 2.24) is 0 Å². The van der Waals surface area contributed by atoms with Crippen LogP contribution in [0.15, 0.2) is 18.2 Å². The number of carbonyl (C=O) groups excluding carboxylic acids is 1. The largest absolute Gasteiger partial charge is 0.489 e. The van der Waals surface area contributed by atoms with Gasteiger partial charge in [0.15, 0.2) is 0 Å². The molecule has 0 atom stereocenters. The van der Waals surface area contributed by atoms with Crippen molar-refractivity contribution in [1.29, 1.82) is 5.26 Å². The second-order valence-electron chi connectivity index (χ2n) is 2.45. The van der Waals surface area contributed by atoms with Gasteiger partial charge < -0.3 is 10.0 Å². The molecule has 0 aliphatic carbocycles. The Hall–Kier alpha value is -1.64. The molecule has 0 radical (unpaired) electrons. The van der Waals surface area contributed by atoms with E-state index in [9.17, 15) is 4.79 Å². The van der Waals surface area contributed by atoms with Gasteiger partial charge in [-0.2, -0.15) is 5.26 Å². The molecule has 0 saturated heterocycles. The first-order valence-electron chi connectivity index (χ1n) is 3.54. The molecule has 0 bridgehead atoms. The molecule has 0 spiro atoms. The number of hydrogen-bond acceptors (Lipinski definition) is 4. The molecule has 13 heavy (non-hydrogen) atoms. The second-order valence-corrected chi connectivity index (χ2v) is 2.45. The summed E-state index contributed by atoms with van der Waals surface area (Å²) in [6, 6.07) is 5.92. The van der Waals surface area contributed by atoms with Crippen LogP contribution in [0.5, 0.6) is 0 Å². The van der Waals surface area contributed by atoms with Crippen LogP contribution in [-0.4, -0.2) is 23.5 Å². The maximum Gasteiger partial charge on any atom is 0.489 e. The first-order chi connectivity index (χ1) is 6.19. The minimum Gasteiger partial charge on any atom is -0.423 e. The van der Waals surface area contributed by atoms with Crippen LogP contribution < -0.4 is 5.46 Å². The minimum atomic E-state index is -1.73. The Balaban J connectivity index is 3.27. The quantitative estimate of drug-likeness (QED) is 0.448. The average molecular weight is 175 g/mol. The van der Waals surface area contributed by atoms with Crippen molar-refractivity contribution in [3.63, 3.8) is 0 Å². The Morgan fingerprint density at radius 2 is 2.15 bits per heavy atom. The van der Waals surface area contributed by atoms with Gasteiger partial charge in [-0.1, -0.05) is 6.07 Å². The lowest BCUT2D eigenvalue weighted by Crippen LogP contribution is -2.33. The molecule has 4 nitrogen and oxygen atoms in total. The molecule has 1 aromatic carbocycles. The summed E-state index contributed by atoms with van der Waals surface area (Å²) >= 11 is 0. The van der Waals surface area contributed by atoms with Gasteiger partial charge in [0.2, 0.25) is 0 Å². The van der Waals surface area contributed by atoms with E-state index in [4.69, 9.17) is 15.3 Å².